The van der Waals surface area contributed by atoms with E-state index in [0.717, 1.165) is 10.6 Å². The smallest absolute Gasteiger partial charge is 0.274 e. The number of hydroxylamine groups is 3. The van der Waals surface area contributed by atoms with Crippen LogP contribution in [0.4, 0.5) is 0 Å². The van der Waals surface area contributed by atoms with E-state index >= 15 is 0 Å². The summed E-state index contributed by atoms with van der Waals surface area (Å²) in [5, 5.41) is 13.2. The second-order valence-electron chi connectivity index (χ2n) is 7.97. The molecule has 1 saturated heterocycles. The first-order valence-electron chi connectivity index (χ1n) is 10.0. The molecule has 0 N–H and O–H groups in total. The molecule has 0 spiro atoms. The number of hydrogen-bond donors (Lipinski definition) is 0. The Morgan fingerprint density at radius 2 is 1.91 bits per heavy atom. The maximum atomic E-state index is 13.2. The highest BCUT2D eigenvalue weighted by Gasteiger charge is 2.36. The first kappa shape index (κ1) is 21.0. The summed E-state index contributed by atoms with van der Waals surface area (Å²) in [6.07, 6.45) is 1.57. The van der Waals surface area contributed by atoms with E-state index in [0.29, 0.717) is 45.5 Å². The fourth-order valence-electron chi connectivity index (χ4n) is 3.81. The normalized spacial score (nSPS) is 20.2. The highest BCUT2D eigenvalue weighted by Crippen LogP contribution is 2.33. The van der Waals surface area contributed by atoms with Gasteiger partial charge in [-0.25, -0.2) is 4.98 Å². The van der Waals surface area contributed by atoms with Gasteiger partial charge < -0.3 is 19.3 Å². The molecule has 0 unspecified atom stereocenters. The Balaban J connectivity index is 1.48. The van der Waals surface area contributed by atoms with Crippen molar-refractivity contribution in [3.63, 3.8) is 0 Å². The predicted octanol–water partition coefficient (Wildman–Crippen LogP) is 4.48. The molecule has 2 aromatic heterocycles. The number of benzene rings is 2. The highest BCUT2D eigenvalue weighted by atomic mass is 35.5. The van der Waals surface area contributed by atoms with Crippen LogP contribution in [0, 0.1) is 5.21 Å². The van der Waals surface area contributed by atoms with Gasteiger partial charge in [0, 0.05) is 22.8 Å². The maximum Gasteiger partial charge on any atom is 0.274 e. The topological polar surface area (TPSA) is 76.4 Å². The van der Waals surface area contributed by atoms with Crippen molar-refractivity contribution >= 4 is 33.2 Å². The number of likely N-dealkylation sites (tertiary alicyclic amines) is 1. The lowest BCUT2D eigenvalue weighted by Crippen LogP contribution is -2.62. The second kappa shape index (κ2) is 7.90. The second-order valence-corrected chi connectivity index (χ2v) is 9.40. The van der Waals surface area contributed by atoms with Gasteiger partial charge in [0.1, 0.15) is 22.8 Å². The molecule has 9 heteroatoms. The third kappa shape index (κ3) is 3.86. The van der Waals surface area contributed by atoms with Gasteiger partial charge in [0.15, 0.2) is 17.6 Å². The lowest BCUT2D eigenvalue weighted by molar-refractivity contribution is -0.908. The average molecular weight is 470 g/mol. The van der Waals surface area contributed by atoms with E-state index in [-0.39, 0.29) is 16.3 Å². The van der Waals surface area contributed by atoms with Gasteiger partial charge in [-0.2, -0.15) is 0 Å². The minimum atomic E-state index is -0.298. The molecule has 5 rings (SSSR count). The zero-order valence-corrected chi connectivity index (χ0v) is 19.0. The lowest BCUT2D eigenvalue weighted by Gasteiger charge is -2.50. The lowest BCUT2D eigenvalue weighted by atomic mass is 10.1. The highest BCUT2D eigenvalue weighted by molar-refractivity contribution is 7.21. The van der Waals surface area contributed by atoms with Gasteiger partial charge in [-0.05, 0) is 30.3 Å². The van der Waals surface area contributed by atoms with Crippen molar-refractivity contribution in [3.8, 4) is 27.8 Å². The minimum Gasteiger partial charge on any atom is -0.633 e. The fraction of sp³-hybridized carbons (Fsp3) is 0.217. The summed E-state index contributed by atoms with van der Waals surface area (Å²) < 4.78 is 13.2. The fourth-order valence-corrected chi connectivity index (χ4v) is 4.93. The molecule has 0 saturated carbocycles. The molecule has 7 nitrogen and oxygen atoms in total. The number of methoxy groups -OCH3 is 1. The van der Waals surface area contributed by atoms with E-state index in [9.17, 15) is 10.0 Å². The van der Waals surface area contributed by atoms with Crippen molar-refractivity contribution in [1.29, 1.82) is 0 Å². The molecule has 0 aliphatic carbocycles. The summed E-state index contributed by atoms with van der Waals surface area (Å²) in [4.78, 5) is 17.8. The van der Waals surface area contributed by atoms with Crippen LogP contribution in [-0.2, 0) is 0 Å². The Hall–Kier alpha value is -2.91. The van der Waals surface area contributed by atoms with Crippen LogP contribution in [0.2, 0.25) is 5.02 Å². The van der Waals surface area contributed by atoms with Crippen molar-refractivity contribution in [3.05, 3.63) is 75.3 Å². The molecule has 0 radical (unpaired) electrons. The summed E-state index contributed by atoms with van der Waals surface area (Å²) in [5.41, 5.74) is 2.06. The van der Waals surface area contributed by atoms with Crippen molar-refractivity contribution in [2.45, 2.75) is 6.10 Å². The number of nitrogens with zero attached hydrogens (tertiary/aromatic N) is 3. The van der Waals surface area contributed by atoms with E-state index in [1.165, 1.54) is 11.3 Å². The minimum absolute atomic E-state index is 0.139. The maximum absolute atomic E-state index is 13.2. The van der Waals surface area contributed by atoms with Gasteiger partial charge in [-0.1, -0.05) is 23.7 Å². The number of likely N-dealkylation sites (N-methyl/N-ethyl adjacent to an activating group) is 1. The van der Waals surface area contributed by atoms with Crippen molar-refractivity contribution in [1.82, 2.24) is 9.55 Å². The Labute approximate surface area is 193 Å². The van der Waals surface area contributed by atoms with Crippen LogP contribution < -0.4 is 15.0 Å². The van der Waals surface area contributed by atoms with Crippen molar-refractivity contribution in [2.24, 2.45) is 0 Å². The molecule has 1 fully saturated rings. The summed E-state index contributed by atoms with van der Waals surface area (Å²) in [6, 6.07) is 14.5. The number of hydrogen-bond acceptors (Lipinski definition) is 6. The molecule has 1 aliphatic heterocycles. The average Bonchev–Trinajstić information content (AvgIpc) is 3.19. The molecular weight excluding hydrogens is 450 g/mol. The monoisotopic (exact) mass is 469 g/mol. The Bertz CT molecular complexity index is 1360. The third-order valence-corrected chi connectivity index (χ3v) is 6.80. The number of rotatable bonds is 5. The molecule has 0 atom stereocenters. The van der Waals surface area contributed by atoms with E-state index in [1.807, 2.05) is 18.2 Å². The Morgan fingerprint density at radius 3 is 2.59 bits per heavy atom. The SMILES string of the molecule is COc1cc(-n2ccc3nc(-c4ccc(Cl)cc4)sc3c2=O)ccc1OC1C[N+](C)([O-])C1. The van der Waals surface area contributed by atoms with E-state index in [4.69, 9.17) is 21.1 Å². The molecule has 4 aromatic rings. The summed E-state index contributed by atoms with van der Waals surface area (Å²) in [5.74, 6) is 1.06. The van der Waals surface area contributed by atoms with Gasteiger partial charge >= 0.3 is 0 Å². The largest absolute Gasteiger partial charge is 0.633 e. The number of fused-ring (bicyclic) bond motifs is 1. The number of halogens is 1. The van der Waals surface area contributed by atoms with E-state index in [1.54, 1.807) is 55.3 Å². The first-order valence-corrected chi connectivity index (χ1v) is 11.2. The van der Waals surface area contributed by atoms with Crippen LogP contribution >= 0.6 is 22.9 Å². The van der Waals surface area contributed by atoms with Crippen LogP contribution in [0.5, 0.6) is 11.5 Å². The zero-order chi connectivity index (χ0) is 22.5. The number of ether oxygens (including phenoxy) is 2. The zero-order valence-electron chi connectivity index (χ0n) is 17.4. The van der Waals surface area contributed by atoms with E-state index < -0.39 is 0 Å². The van der Waals surface area contributed by atoms with E-state index in [2.05, 4.69) is 4.98 Å². The molecular formula is C23H20ClN3O4S. The van der Waals surface area contributed by atoms with Crippen LogP contribution in [0.25, 0.3) is 26.5 Å². The van der Waals surface area contributed by atoms with Crippen molar-refractivity contribution < 1.29 is 14.1 Å². The van der Waals surface area contributed by atoms with Crippen molar-refractivity contribution in [2.75, 3.05) is 27.2 Å². The predicted molar refractivity (Wildman–Crippen MR) is 126 cm³/mol. The molecule has 0 amide bonds. The van der Waals surface area contributed by atoms with Gasteiger partial charge in [0.2, 0.25) is 0 Å². The van der Waals surface area contributed by atoms with Crippen LogP contribution in [0.15, 0.2) is 59.5 Å². The molecule has 32 heavy (non-hydrogen) atoms. The number of quaternary nitrogens is 1. The molecule has 3 heterocycles. The Morgan fingerprint density at radius 1 is 1.16 bits per heavy atom. The number of aromatic nitrogens is 2. The summed E-state index contributed by atoms with van der Waals surface area (Å²) >= 11 is 7.32. The quantitative estimate of drug-likeness (QED) is 0.318. The van der Waals surface area contributed by atoms with Gasteiger partial charge in [0.05, 0.1) is 25.4 Å². The molecule has 164 valence electrons. The van der Waals surface area contributed by atoms with Crippen LogP contribution in [-0.4, -0.2) is 47.5 Å². The molecule has 0 bridgehead atoms. The summed E-state index contributed by atoms with van der Waals surface area (Å²) in [6.45, 7) is 0.810. The standard InChI is InChI=1S/C23H20ClN3O4S/c1-27(29)12-17(13-27)31-19-8-7-16(11-20(19)30-2)26-10-9-18-21(23(26)28)32-22(25-18)14-3-5-15(24)6-4-14/h3-11,17H,12-13H2,1-2H3. The third-order valence-electron chi connectivity index (χ3n) is 5.44. The summed E-state index contributed by atoms with van der Waals surface area (Å²) in [7, 11) is 3.18. The number of thiazole rings is 1. The molecule has 2 aromatic carbocycles. The molecule has 1 aliphatic rings. The Kier molecular flexibility index (Phi) is 5.17. The van der Waals surface area contributed by atoms with Crippen LogP contribution in [0.3, 0.4) is 0 Å². The van der Waals surface area contributed by atoms with Gasteiger partial charge in [0.25, 0.3) is 5.56 Å². The van der Waals surface area contributed by atoms with Crippen LogP contribution in [0.1, 0.15) is 0 Å². The first-order chi connectivity index (χ1) is 15.3. The number of pyridine rings is 1. The van der Waals surface area contributed by atoms with Gasteiger partial charge in [-0.3, -0.25) is 9.36 Å². The van der Waals surface area contributed by atoms with Gasteiger partial charge in [-0.15, -0.1) is 11.3 Å².